The van der Waals surface area contributed by atoms with Crippen LogP contribution in [-0.4, -0.2) is 24.0 Å². The van der Waals surface area contributed by atoms with Crippen molar-refractivity contribution >= 4 is 0 Å². The van der Waals surface area contributed by atoms with Gasteiger partial charge < -0.3 is 9.73 Å². The first kappa shape index (κ1) is 14.6. The average Bonchev–Trinajstić information content (AvgIpc) is 2.74. The largest absolute Gasteiger partial charge is 0.468 e. The lowest BCUT2D eigenvalue weighted by Crippen LogP contribution is -2.32. The van der Waals surface area contributed by atoms with Gasteiger partial charge in [-0.05, 0) is 45.3 Å². The second-order valence-corrected chi connectivity index (χ2v) is 5.71. The van der Waals surface area contributed by atoms with E-state index in [1.807, 2.05) is 6.26 Å². The van der Waals surface area contributed by atoms with Crippen LogP contribution in [0.1, 0.15) is 57.3 Å². The van der Waals surface area contributed by atoms with Gasteiger partial charge in [0.05, 0.1) is 12.8 Å². The third kappa shape index (κ3) is 4.36. The molecule has 0 amide bonds. The Morgan fingerprint density at radius 2 is 2.26 bits per heavy atom. The highest BCUT2D eigenvalue weighted by Gasteiger charge is 2.18. The van der Waals surface area contributed by atoms with Crippen molar-refractivity contribution in [2.24, 2.45) is 0 Å². The second-order valence-electron chi connectivity index (χ2n) is 5.71. The molecule has 1 aliphatic heterocycles. The highest BCUT2D eigenvalue weighted by atomic mass is 16.3. The van der Waals surface area contributed by atoms with Gasteiger partial charge in [0.25, 0.3) is 0 Å². The van der Waals surface area contributed by atoms with E-state index < -0.39 is 0 Å². The van der Waals surface area contributed by atoms with Gasteiger partial charge in [-0.25, -0.2) is 0 Å². The fourth-order valence-corrected chi connectivity index (χ4v) is 2.83. The standard InChI is InChI=1S/C16H28N2O/c1-3-9-17-12-16-15(8-11-19-16)13-18-10-6-4-5-7-14(18)2/h8,11,14,17H,3-7,9-10,12-13H2,1-2H3. The molecule has 2 heterocycles. The summed E-state index contributed by atoms with van der Waals surface area (Å²) in [5.41, 5.74) is 1.36. The third-order valence-electron chi connectivity index (χ3n) is 4.11. The Morgan fingerprint density at radius 1 is 1.37 bits per heavy atom. The van der Waals surface area contributed by atoms with Gasteiger partial charge in [0.1, 0.15) is 5.76 Å². The predicted molar refractivity (Wildman–Crippen MR) is 79.0 cm³/mol. The Hall–Kier alpha value is -0.800. The highest BCUT2D eigenvalue weighted by Crippen LogP contribution is 2.21. The summed E-state index contributed by atoms with van der Waals surface area (Å²) in [4.78, 5) is 2.61. The van der Waals surface area contributed by atoms with Gasteiger partial charge in [0.15, 0.2) is 0 Å². The van der Waals surface area contributed by atoms with E-state index in [9.17, 15) is 0 Å². The zero-order valence-electron chi connectivity index (χ0n) is 12.5. The van der Waals surface area contributed by atoms with E-state index in [0.29, 0.717) is 6.04 Å². The molecule has 0 aliphatic carbocycles. The molecule has 0 saturated carbocycles. The summed E-state index contributed by atoms with van der Waals surface area (Å²) in [7, 11) is 0. The second kappa shape index (κ2) is 7.71. The zero-order valence-corrected chi connectivity index (χ0v) is 12.5. The van der Waals surface area contributed by atoms with Crippen LogP contribution in [0, 0.1) is 0 Å². The number of hydrogen-bond acceptors (Lipinski definition) is 3. The Balaban J connectivity index is 1.92. The fraction of sp³-hybridized carbons (Fsp3) is 0.750. The van der Waals surface area contributed by atoms with Crippen molar-refractivity contribution in [3.05, 3.63) is 23.7 Å². The molecule has 3 nitrogen and oxygen atoms in total. The first-order valence-electron chi connectivity index (χ1n) is 7.81. The first-order chi connectivity index (χ1) is 9.31. The molecule has 0 aromatic carbocycles. The lowest BCUT2D eigenvalue weighted by molar-refractivity contribution is 0.203. The molecule has 1 saturated heterocycles. The molecule has 1 aliphatic rings. The van der Waals surface area contributed by atoms with Crippen molar-refractivity contribution in [2.45, 2.75) is 65.1 Å². The van der Waals surface area contributed by atoms with E-state index in [1.165, 1.54) is 44.2 Å². The highest BCUT2D eigenvalue weighted by molar-refractivity contribution is 5.17. The maximum absolute atomic E-state index is 5.63. The van der Waals surface area contributed by atoms with Crippen LogP contribution in [0.4, 0.5) is 0 Å². The number of nitrogens with one attached hydrogen (secondary N) is 1. The van der Waals surface area contributed by atoms with Crippen LogP contribution in [0.2, 0.25) is 0 Å². The topological polar surface area (TPSA) is 28.4 Å². The summed E-state index contributed by atoms with van der Waals surface area (Å²) in [5, 5.41) is 3.43. The zero-order chi connectivity index (χ0) is 13.5. The molecule has 0 spiro atoms. The van der Waals surface area contributed by atoms with E-state index >= 15 is 0 Å². The molecule has 2 rings (SSSR count). The van der Waals surface area contributed by atoms with Crippen LogP contribution in [0.3, 0.4) is 0 Å². The van der Waals surface area contributed by atoms with Gasteiger partial charge in [0, 0.05) is 18.2 Å². The SMILES string of the molecule is CCCNCc1occc1CN1CCCCCC1C. The smallest absolute Gasteiger partial charge is 0.122 e. The Morgan fingerprint density at radius 3 is 3.11 bits per heavy atom. The monoisotopic (exact) mass is 264 g/mol. The van der Waals surface area contributed by atoms with Crippen LogP contribution in [-0.2, 0) is 13.1 Å². The summed E-state index contributed by atoms with van der Waals surface area (Å²) in [6.45, 7) is 8.74. The van der Waals surface area contributed by atoms with Crippen LogP contribution in [0.15, 0.2) is 16.7 Å². The minimum atomic E-state index is 0.703. The Kier molecular flexibility index (Phi) is 5.93. The summed E-state index contributed by atoms with van der Waals surface area (Å²) in [6, 6.07) is 2.84. The van der Waals surface area contributed by atoms with Gasteiger partial charge in [-0.2, -0.15) is 0 Å². The maximum atomic E-state index is 5.63. The number of nitrogens with zero attached hydrogens (tertiary/aromatic N) is 1. The molecule has 19 heavy (non-hydrogen) atoms. The molecule has 0 radical (unpaired) electrons. The molecule has 1 N–H and O–H groups in total. The molecular formula is C16H28N2O. The Bertz CT molecular complexity index is 361. The number of likely N-dealkylation sites (tertiary alicyclic amines) is 1. The summed E-state index contributed by atoms with van der Waals surface area (Å²) >= 11 is 0. The summed E-state index contributed by atoms with van der Waals surface area (Å²) in [5.74, 6) is 1.12. The molecule has 0 bridgehead atoms. The maximum Gasteiger partial charge on any atom is 0.122 e. The number of furan rings is 1. The van der Waals surface area contributed by atoms with Gasteiger partial charge in [0.2, 0.25) is 0 Å². The van der Waals surface area contributed by atoms with Gasteiger partial charge in [-0.15, -0.1) is 0 Å². The molecule has 1 aromatic rings. The Labute approximate surface area is 117 Å². The van der Waals surface area contributed by atoms with Crippen LogP contribution >= 0.6 is 0 Å². The van der Waals surface area contributed by atoms with E-state index in [4.69, 9.17) is 4.42 Å². The van der Waals surface area contributed by atoms with Crippen molar-refractivity contribution in [1.82, 2.24) is 10.2 Å². The van der Waals surface area contributed by atoms with Crippen molar-refractivity contribution in [3.8, 4) is 0 Å². The van der Waals surface area contributed by atoms with Crippen molar-refractivity contribution in [2.75, 3.05) is 13.1 Å². The number of hydrogen-bond donors (Lipinski definition) is 1. The van der Waals surface area contributed by atoms with Crippen LogP contribution in [0.5, 0.6) is 0 Å². The molecule has 1 aromatic heterocycles. The van der Waals surface area contributed by atoms with E-state index in [-0.39, 0.29) is 0 Å². The molecule has 1 fully saturated rings. The van der Waals surface area contributed by atoms with Gasteiger partial charge in [-0.1, -0.05) is 19.8 Å². The van der Waals surface area contributed by atoms with Crippen molar-refractivity contribution in [3.63, 3.8) is 0 Å². The van der Waals surface area contributed by atoms with Gasteiger partial charge in [-0.3, -0.25) is 4.90 Å². The lowest BCUT2D eigenvalue weighted by Gasteiger charge is -2.26. The first-order valence-corrected chi connectivity index (χ1v) is 7.81. The van der Waals surface area contributed by atoms with Crippen LogP contribution < -0.4 is 5.32 Å². The van der Waals surface area contributed by atoms with Crippen LogP contribution in [0.25, 0.3) is 0 Å². The van der Waals surface area contributed by atoms with Crippen molar-refractivity contribution < 1.29 is 4.42 Å². The molecule has 3 heteroatoms. The van der Waals surface area contributed by atoms with E-state index in [2.05, 4.69) is 30.1 Å². The molecule has 1 unspecified atom stereocenters. The third-order valence-corrected chi connectivity index (χ3v) is 4.11. The lowest BCUT2D eigenvalue weighted by atomic mass is 10.1. The average molecular weight is 264 g/mol. The van der Waals surface area contributed by atoms with E-state index in [0.717, 1.165) is 25.4 Å². The summed E-state index contributed by atoms with van der Waals surface area (Å²) in [6.07, 6.45) is 8.44. The molecule has 1 atom stereocenters. The molecule has 108 valence electrons. The minimum Gasteiger partial charge on any atom is -0.468 e. The predicted octanol–water partition coefficient (Wildman–Crippen LogP) is 3.54. The van der Waals surface area contributed by atoms with Gasteiger partial charge >= 0.3 is 0 Å². The quantitative estimate of drug-likeness (QED) is 0.797. The fourth-order valence-electron chi connectivity index (χ4n) is 2.83. The summed E-state index contributed by atoms with van der Waals surface area (Å²) < 4.78 is 5.63. The molecular weight excluding hydrogens is 236 g/mol. The minimum absolute atomic E-state index is 0.703. The van der Waals surface area contributed by atoms with E-state index in [1.54, 1.807) is 0 Å². The normalized spacial score (nSPS) is 21.5. The van der Waals surface area contributed by atoms with Crippen molar-refractivity contribution in [1.29, 1.82) is 0 Å². The number of rotatable bonds is 6.